The van der Waals surface area contributed by atoms with Crippen LogP contribution in [0.25, 0.3) is 0 Å². The average molecular weight is 238 g/mol. The first-order valence-corrected chi connectivity index (χ1v) is 6.30. The molecule has 1 fully saturated rings. The number of rotatable bonds is 2. The zero-order valence-electron chi connectivity index (χ0n) is 9.10. The Morgan fingerprint density at radius 3 is 3.12 bits per heavy atom. The first-order valence-electron chi connectivity index (χ1n) is 5.15. The molecule has 5 heteroatoms. The zero-order valence-corrected chi connectivity index (χ0v) is 9.92. The van der Waals surface area contributed by atoms with Gasteiger partial charge in [0.05, 0.1) is 12.2 Å². The van der Waals surface area contributed by atoms with Crippen molar-refractivity contribution in [1.82, 2.24) is 4.98 Å². The van der Waals surface area contributed by atoms with Crippen LogP contribution >= 0.6 is 11.8 Å². The van der Waals surface area contributed by atoms with Crippen molar-refractivity contribution in [3.05, 3.63) is 23.4 Å². The number of nitrogens with two attached hydrogens (primary N) is 1. The minimum absolute atomic E-state index is 0.0460. The molecule has 1 aromatic rings. The van der Waals surface area contributed by atoms with Crippen LogP contribution in [0.15, 0.2) is 12.3 Å². The molecule has 86 valence electrons. The van der Waals surface area contributed by atoms with Crippen LogP contribution in [0.2, 0.25) is 0 Å². The predicted octanol–water partition coefficient (Wildman–Crippen LogP) is 1.29. The van der Waals surface area contributed by atoms with Gasteiger partial charge in [0, 0.05) is 17.7 Å². The van der Waals surface area contributed by atoms with Gasteiger partial charge in [0.2, 0.25) is 0 Å². The molecule has 16 heavy (non-hydrogen) atoms. The van der Waals surface area contributed by atoms with Crippen molar-refractivity contribution in [3.8, 4) is 0 Å². The summed E-state index contributed by atoms with van der Waals surface area (Å²) in [6, 6.07) is 1.79. The summed E-state index contributed by atoms with van der Waals surface area (Å²) < 4.78 is 5.45. The number of aryl methyl sites for hydroxylation is 1. The molecule has 1 unspecified atom stereocenters. The zero-order chi connectivity index (χ0) is 11.5. The van der Waals surface area contributed by atoms with Crippen molar-refractivity contribution >= 4 is 23.4 Å². The van der Waals surface area contributed by atoms with Crippen LogP contribution in [0, 0.1) is 6.92 Å². The summed E-state index contributed by atoms with van der Waals surface area (Å²) in [5, 5.41) is 0. The number of nitrogen functional groups attached to an aromatic ring is 1. The second-order valence-corrected chi connectivity index (χ2v) is 4.84. The van der Waals surface area contributed by atoms with E-state index in [9.17, 15) is 4.79 Å². The van der Waals surface area contributed by atoms with Crippen molar-refractivity contribution in [2.24, 2.45) is 0 Å². The molecule has 1 aliphatic heterocycles. The normalized spacial score (nSPS) is 20.7. The number of aromatic nitrogens is 1. The molecular weight excluding hydrogens is 224 g/mol. The number of Topliss-reactive ketones (excluding diaryl/α,β-unsaturated/α-hetero) is 1. The molecule has 0 radical (unpaired) electrons. The predicted molar refractivity (Wildman–Crippen MR) is 64.8 cm³/mol. The smallest absolute Gasteiger partial charge is 0.196 e. The average Bonchev–Trinajstić information content (AvgIpc) is 2.30. The molecule has 0 amide bonds. The maximum Gasteiger partial charge on any atom is 0.196 e. The lowest BCUT2D eigenvalue weighted by molar-refractivity contribution is 0.0519. The number of anilines is 1. The Morgan fingerprint density at radius 1 is 1.69 bits per heavy atom. The van der Waals surface area contributed by atoms with E-state index in [0.29, 0.717) is 23.7 Å². The highest BCUT2D eigenvalue weighted by Crippen LogP contribution is 2.21. The highest BCUT2D eigenvalue weighted by atomic mass is 32.2. The van der Waals surface area contributed by atoms with Gasteiger partial charge in [-0.3, -0.25) is 4.79 Å². The van der Waals surface area contributed by atoms with Crippen molar-refractivity contribution in [3.63, 3.8) is 0 Å². The van der Waals surface area contributed by atoms with E-state index >= 15 is 0 Å². The minimum atomic E-state index is -0.371. The molecule has 1 atom stereocenters. The van der Waals surface area contributed by atoms with Crippen LogP contribution in [0.3, 0.4) is 0 Å². The summed E-state index contributed by atoms with van der Waals surface area (Å²) in [4.78, 5) is 16.1. The minimum Gasteiger partial charge on any atom is -0.383 e. The number of hydrogen-bond donors (Lipinski definition) is 1. The quantitative estimate of drug-likeness (QED) is 0.786. The van der Waals surface area contributed by atoms with Crippen LogP contribution in [0.4, 0.5) is 5.82 Å². The van der Waals surface area contributed by atoms with Crippen LogP contribution in [-0.2, 0) is 4.74 Å². The molecule has 1 saturated heterocycles. The van der Waals surface area contributed by atoms with Gasteiger partial charge in [-0.1, -0.05) is 0 Å². The van der Waals surface area contributed by atoms with Gasteiger partial charge in [0.15, 0.2) is 5.78 Å². The molecular formula is C11H14N2O2S. The highest BCUT2D eigenvalue weighted by Gasteiger charge is 2.26. The van der Waals surface area contributed by atoms with Crippen molar-refractivity contribution in [2.75, 3.05) is 23.8 Å². The van der Waals surface area contributed by atoms with Gasteiger partial charge in [-0.05, 0) is 18.6 Å². The van der Waals surface area contributed by atoms with E-state index < -0.39 is 0 Å². The number of hydrogen-bond acceptors (Lipinski definition) is 5. The summed E-state index contributed by atoms with van der Waals surface area (Å²) in [7, 11) is 0. The fraction of sp³-hybridized carbons (Fsp3) is 0.455. The molecule has 0 spiro atoms. The Kier molecular flexibility index (Phi) is 3.46. The number of thioether (sulfide) groups is 1. The van der Waals surface area contributed by atoms with E-state index in [0.717, 1.165) is 11.3 Å². The number of carbonyl (C=O) groups excluding carboxylic acids is 1. The van der Waals surface area contributed by atoms with Crippen LogP contribution in [-0.4, -0.2) is 35.0 Å². The summed E-state index contributed by atoms with van der Waals surface area (Å²) in [5.41, 5.74) is 7.10. The Hall–Kier alpha value is -1.07. The summed E-state index contributed by atoms with van der Waals surface area (Å²) in [5.74, 6) is 1.90. The maximum atomic E-state index is 12.2. The maximum absolute atomic E-state index is 12.2. The number of carbonyl (C=O) groups is 1. The number of ketones is 1. The molecule has 0 saturated carbocycles. The molecule has 4 nitrogen and oxygen atoms in total. The molecule has 0 bridgehead atoms. The van der Waals surface area contributed by atoms with Crippen LogP contribution in [0.1, 0.15) is 15.9 Å². The Labute approximate surface area is 98.6 Å². The molecule has 1 aliphatic rings. The van der Waals surface area contributed by atoms with Gasteiger partial charge in [-0.15, -0.1) is 0 Å². The summed E-state index contributed by atoms with van der Waals surface area (Å²) in [6.45, 7) is 2.49. The molecule has 2 N–H and O–H groups in total. The largest absolute Gasteiger partial charge is 0.383 e. The molecule has 0 aromatic carbocycles. The van der Waals surface area contributed by atoms with E-state index in [1.165, 1.54) is 0 Å². The topological polar surface area (TPSA) is 65.2 Å². The van der Waals surface area contributed by atoms with Crippen LogP contribution in [0.5, 0.6) is 0 Å². The highest BCUT2D eigenvalue weighted by molar-refractivity contribution is 7.99. The first kappa shape index (κ1) is 11.4. The number of ether oxygens (including phenoxy) is 1. The third kappa shape index (κ3) is 2.20. The van der Waals surface area contributed by atoms with Gasteiger partial charge in [-0.25, -0.2) is 4.98 Å². The third-order valence-electron chi connectivity index (χ3n) is 2.54. The van der Waals surface area contributed by atoms with E-state index in [-0.39, 0.29) is 11.9 Å². The van der Waals surface area contributed by atoms with Gasteiger partial charge in [0.25, 0.3) is 0 Å². The summed E-state index contributed by atoms with van der Waals surface area (Å²) >= 11 is 1.73. The van der Waals surface area contributed by atoms with Gasteiger partial charge in [-0.2, -0.15) is 11.8 Å². The number of nitrogens with zero attached hydrogens (tertiary/aromatic N) is 1. The van der Waals surface area contributed by atoms with E-state index in [1.54, 1.807) is 24.0 Å². The fourth-order valence-electron chi connectivity index (χ4n) is 1.70. The van der Waals surface area contributed by atoms with Crippen LogP contribution < -0.4 is 5.73 Å². The lowest BCUT2D eigenvalue weighted by Gasteiger charge is -2.22. The lowest BCUT2D eigenvalue weighted by atomic mass is 10.0. The lowest BCUT2D eigenvalue weighted by Crippen LogP contribution is -2.32. The van der Waals surface area contributed by atoms with Gasteiger partial charge in [0.1, 0.15) is 11.9 Å². The fourth-order valence-corrected chi connectivity index (χ4v) is 2.54. The monoisotopic (exact) mass is 238 g/mol. The summed E-state index contributed by atoms with van der Waals surface area (Å²) in [6.07, 6.45) is 1.24. The molecule has 2 rings (SSSR count). The first-order chi connectivity index (χ1) is 7.70. The number of pyridine rings is 1. The van der Waals surface area contributed by atoms with Crippen molar-refractivity contribution in [1.29, 1.82) is 0 Å². The van der Waals surface area contributed by atoms with Crippen molar-refractivity contribution < 1.29 is 9.53 Å². The standard InChI is InChI=1S/C11H14N2O2S/c1-7-2-3-13-11(12)9(7)10(14)8-6-16-5-4-15-8/h2-3,8H,4-6H2,1H3,(H2,12,13). The van der Waals surface area contributed by atoms with E-state index in [4.69, 9.17) is 10.5 Å². The van der Waals surface area contributed by atoms with Gasteiger partial charge < -0.3 is 10.5 Å². The second kappa shape index (κ2) is 4.84. The SMILES string of the molecule is Cc1ccnc(N)c1C(=O)C1CSCCO1. The molecule has 0 aliphatic carbocycles. The Bertz CT molecular complexity index is 383. The molecule has 2 heterocycles. The van der Waals surface area contributed by atoms with Crippen molar-refractivity contribution in [2.45, 2.75) is 13.0 Å². The Balaban J connectivity index is 2.26. The second-order valence-electron chi connectivity index (χ2n) is 3.69. The van der Waals surface area contributed by atoms with E-state index in [1.807, 2.05) is 6.92 Å². The Morgan fingerprint density at radius 2 is 2.50 bits per heavy atom. The third-order valence-corrected chi connectivity index (χ3v) is 3.54. The van der Waals surface area contributed by atoms with Gasteiger partial charge >= 0.3 is 0 Å². The molecule has 1 aromatic heterocycles. The van der Waals surface area contributed by atoms with E-state index in [2.05, 4.69) is 4.98 Å².